The number of carbonyl (C=O) groups excluding carboxylic acids is 1. The largest absolute Gasteiger partial charge is 0.465 e. The normalized spacial score (nSPS) is 12.1. The number of furan rings is 4. The lowest BCUT2D eigenvalue weighted by molar-refractivity contribution is 0.110. The molecule has 0 atom stereocenters. The summed E-state index contributed by atoms with van der Waals surface area (Å²) >= 11 is 0. The molecule has 0 saturated heterocycles. The van der Waals surface area contributed by atoms with E-state index in [-0.39, 0.29) is 0 Å². The highest BCUT2D eigenvalue weighted by Crippen LogP contribution is 2.19. The van der Waals surface area contributed by atoms with Crippen LogP contribution in [0.15, 0.2) is 101 Å². The Kier molecular flexibility index (Phi) is 6.36. The first kappa shape index (κ1) is 17.9. The third kappa shape index (κ3) is 5.57. The molecule has 27 heavy (non-hydrogen) atoms. The van der Waals surface area contributed by atoms with Crippen LogP contribution in [0.2, 0.25) is 0 Å². The quantitative estimate of drug-likeness (QED) is 0.362. The van der Waals surface area contributed by atoms with Gasteiger partial charge in [-0.25, -0.2) is 0 Å². The summed E-state index contributed by atoms with van der Waals surface area (Å²) in [6, 6.07) is 14.1. The molecule has 4 aromatic heterocycles. The molecule has 0 unspecified atom stereocenters. The Balaban J connectivity index is 0.000000253. The van der Waals surface area contributed by atoms with Crippen molar-refractivity contribution in [3.63, 3.8) is 0 Å². The molecular weight excluding hydrogens is 348 g/mol. The zero-order valence-corrected chi connectivity index (χ0v) is 14.2. The third-order valence-corrected chi connectivity index (χ3v) is 3.23. The van der Waals surface area contributed by atoms with Gasteiger partial charge in [0.05, 0.1) is 37.5 Å². The molecule has 4 heterocycles. The van der Waals surface area contributed by atoms with Gasteiger partial charge in [-0.2, -0.15) is 0 Å². The number of aldehydes is 1. The summed E-state index contributed by atoms with van der Waals surface area (Å²) in [7, 11) is 0. The van der Waals surface area contributed by atoms with Gasteiger partial charge in [-0.15, -0.1) is 0 Å². The van der Waals surface area contributed by atoms with E-state index in [2.05, 4.69) is 14.4 Å². The minimum absolute atomic E-state index is 0.375. The molecule has 0 spiro atoms. The van der Waals surface area contributed by atoms with Gasteiger partial charge in [-0.3, -0.25) is 14.8 Å². The second-order valence-corrected chi connectivity index (χ2v) is 5.11. The monoisotopic (exact) mass is 364 g/mol. The SMILES string of the molecule is C(=NC(N=Cc1ccco1)c1ccco1)c1ccco1.O=Cc1ccco1. The van der Waals surface area contributed by atoms with Gasteiger partial charge < -0.3 is 17.7 Å². The van der Waals surface area contributed by atoms with Gasteiger partial charge in [0.1, 0.15) is 17.3 Å². The van der Waals surface area contributed by atoms with Crippen LogP contribution in [-0.4, -0.2) is 18.7 Å². The van der Waals surface area contributed by atoms with Gasteiger partial charge in [-0.1, -0.05) is 0 Å². The Morgan fingerprint density at radius 1 is 0.667 bits per heavy atom. The van der Waals surface area contributed by atoms with Crippen molar-refractivity contribution < 1.29 is 22.5 Å². The zero-order valence-electron chi connectivity index (χ0n) is 14.2. The summed E-state index contributed by atoms with van der Waals surface area (Å²) in [4.78, 5) is 18.5. The number of rotatable bonds is 6. The first-order valence-electron chi connectivity index (χ1n) is 8.00. The maximum atomic E-state index is 9.77. The molecule has 0 fully saturated rings. The van der Waals surface area contributed by atoms with Gasteiger partial charge in [-0.05, 0) is 48.5 Å². The maximum absolute atomic E-state index is 9.77. The zero-order chi connectivity index (χ0) is 18.7. The van der Waals surface area contributed by atoms with Crippen LogP contribution in [0.1, 0.15) is 34.0 Å². The average Bonchev–Trinajstić information content (AvgIpc) is 3.52. The molecule has 4 aromatic rings. The van der Waals surface area contributed by atoms with Crippen molar-refractivity contribution in [1.82, 2.24) is 0 Å². The number of carbonyl (C=O) groups is 1. The van der Waals surface area contributed by atoms with Crippen LogP contribution in [0.25, 0.3) is 0 Å². The van der Waals surface area contributed by atoms with Crippen LogP contribution in [0.4, 0.5) is 0 Å². The van der Waals surface area contributed by atoms with E-state index in [0.717, 1.165) is 0 Å². The molecule has 0 aliphatic rings. The van der Waals surface area contributed by atoms with E-state index in [0.29, 0.717) is 29.3 Å². The van der Waals surface area contributed by atoms with Crippen molar-refractivity contribution >= 4 is 18.7 Å². The fourth-order valence-corrected chi connectivity index (χ4v) is 2.00. The van der Waals surface area contributed by atoms with E-state index in [1.54, 1.807) is 61.6 Å². The highest BCUT2D eigenvalue weighted by atomic mass is 16.3. The predicted octanol–water partition coefficient (Wildman–Crippen LogP) is 4.79. The lowest BCUT2D eigenvalue weighted by Crippen LogP contribution is -1.92. The number of nitrogens with zero attached hydrogens (tertiary/aromatic N) is 2. The fourth-order valence-electron chi connectivity index (χ4n) is 2.00. The maximum Gasteiger partial charge on any atom is 0.197 e. The van der Waals surface area contributed by atoms with E-state index in [9.17, 15) is 4.79 Å². The van der Waals surface area contributed by atoms with Gasteiger partial charge in [0.25, 0.3) is 0 Å². The standard InChI is InChI=1S/C15H12N2O3.C5H4O2/c1-4-12(18-7-1)10-16-15(14-6-3-9-20-14)17-11-13-5-2-8-19-13;6-4-5-2-1-3-7-5/h1-11,15H;1-4H. The molecule has 0 radical (unpaired) electrons. The summed E-state index contributed by atoms with van der Waals surface area (Å²) < 4.78 is 20.4. The third-order valence-electron chi connectivity index (χ3n) is 3.23. The van der Waals surface area contributed by atoms with Crippen molar-refractivity contribution in [3.8, 4) is 0 Å². The van der Waals surface area contributed by atoms with Crippen LogP contribution < -0.4 is 0 Å². The first-order chi connectivity index (χ1) is 13.3. The predicted molar refractivity (Wildman–Crippen MR) is 98.1 cm³/mol. The van der Waals surface area contributed by atoms with Crippen LogP contribution in [0, 0.1) is 0 Å². The first-order valence-corrected chi connectivity index (χ1v) is 8.00. The van der Waals surface area contributed by atoms with Gasteiger partial charge >= 0.3 is 0 Å². The summed E-state index contributed by atoms with van der Waals surface area (Å²) in [5.74, 6) is 2.35. The van der Waals surface area contributed by atoms with Gasteiger partial charge in [0, 0.05) is 0 Å². The topological polar surface area (TPSA) is 94.4 Å². The fraction of sp³-hybridized carbons (Fsp3) is 0.0500. The van der Waals surface area contributed by atoms with Crippen LogP contribution >= 0.6 is 0 Å². The van der Waals surface area contributed by atoms with E-state index in [4.69, 9.17) is 13.3 Å². The van der Waals surface area contributed by atoms with Crippen molar-refractivity contribution in [3.05, 3.63) is 96.6 Å². The van der Waals surface area contributed by atoms with Crippen molar-refractivity contribution in [2.75, 3.05) is 0 Å². The molecule has 0 aliphatic carbocycles. The number of aliphatic imine (C=N–C) groups is 2. The molecule has 0 bridgehead atoms. The Bertz CT molecular complexity index is 890. The summed E-state index contributed by atoms with van der Waals surface area (Å²) in [6.45, 7) is 0. The molecule has 0 N–H and O–H groups in total. The molecule has 7 heteroatoms. The molecule has 136 valence electrons. The molecule has 0 aromatic carbocycles. The Morgan fingerprint density at radius 2 is 1.15 bits per heavy atom. The molecule has 0 saturated carbocycles. The van der Waals surface area contributed by atoms with E-state index in [1.165, 1.54) is 6.26 Å². The average molecular weight is 364 g/mol. The highest BCUT2D eigenvalue weighted by molar-refractivity contribution is 5.77. The van der Waals surface area contributed by atoms with Gasteiger partial charge in [0.2, 0.25) is 0 Å². The summed E-state index contributed by atoms with van der Waals surface area (Å²) in [6.07, 6.45) is 9.67. The minimum atomic E-state index is -0.472. The molecular formula is C20H16N2O5. The lowest BCUT2D eigenvalue weighted by Gasteiger charge is -2.02. The van der Waals surface area contributed by atoms with Crippen molar-refractivity contribution in [1.29, 1.82) is 0 Å². The number of hydrogen-bond acceptors (Lipinski definition) is 7. The van der Waals surface area contributed by atoms with Crippen LogP contribution in [0.5, 0.6) is 0 Å². The van der Waals surface area contributed by atoms with E-state index < -0.39 is 6.17 Å². The van der Waals surface area contributed by atoms with E-state index in [1.807, 2.05) is 18.2 Å². The highest BCUT2D eigenvalue weighted by Gasteiger charge is 2.10. The minimum Gasteiger partial charge on any atom is -0.465 e. The second kappa shape index (κ2) is 9.57. The lowest BCUT2D eigenvalue weighted by atomic mass is 10.3. The molecule has 0 amide bonds. The molecule has 7 nitrogen and oxygen atoms in total. The number of hydrogen-bond donors (Lipinski definition) is 0. The molecule has 4 rings (SSSR count). The molecule has 0 aliphatic heterocycles. The van der Waals surface area contributed by atoms with Crippen LogP contribution in [0.3, 0.4) is 0 Å². The van der Waals surface area contributed by atoms with Crippen molar-refractivity contribution in [2.24, 2.45) is 9.98 Å². The Morgan fingerprint density at radius 3 is 1.52 bits per heavy atom. The summed E-state index contributed by atoms with van der Waals surface area (Å²) in [5.41, 5.74) is 0. The second-order valence-electron chi connectivity index (χ2n) is 5.11. The van der Waals surface area contributed by atoms with Gasteiger partial charge in [0.15, 0.2) is 18.2 Å². The Labute approximate surface area is 154 Å². The van der Waals surface area contributed by atoms with E-state index >= 15 is 0 Å². The van der Waals surface area contributed by atoms with Crippen molar-refractivity contribution in [2.45, 2.75) is 6.17 Å². The Hall–Kier alpha value is -3.87. The van der Waals surface area contributed by atoms with Crippen LogP contribution in [-0.2, 0) is 0 Å². The summed E-state index contributed by atoms with van der Waals surface area (Å²) in [5, 5.41) is 0. The smallest absolute Gasteiger partial charge is 0.197 e.